The van der Waals surface area contributed by atoms with E-state index in [2.05, 4.69) is 91.0 Å². The fourth-order valence-corrected chi connectivity index (χ4v) is 5.49. The summed E-state index contributed by atoms with van der Waals surface area (Å²) in [6.07, 6.45) is 0. The van der Waals surface area contributed by atoms with Crippen molar-refractivity contribution in [1.29, 1.82) is 0 Å². The smallest absolute Gasteiger partial charge is 1.00 e. The SMILES string of the molecule is [Ba+2].[H-].[H-].c1ccc([SiH](c2ccccc2)c2ccccc2)cc1. The summed E-state index contributed by atoms with van der Waals surface area (Å²) in [5.74, 6) is 0. The Morgan fingerprint density at radius 1 is 0.450 bits per heavy atom. The Morgan fingerprint density at radius 2 is 0.700 bits per heavy atom. The molecule has 0 bridgehead atoms. The van der Waals surface area contributed by atoms with Crippen LogP contribution in [0.4, 0.5) is 0 Å². The second-order valence-electron chi connectivity index (χ2n) is 4.67. The molecule has 0 fully saturated rings. The molecule has 0 unspecified atom stereocenters. The van der Waals surface area contributed by atoms with Gasteiger partial charge in [-0.25, -0.2) is 0 Å². The average molecular weight is 400 g/mol. The van der Waals surface area contributed by atoms with Gasteiger partial charge < -0.3 is 2.85 Å². The van der Waals surface area contributed by atoms with Crippen LogP contribution in [0.2, 0.25) is 0 Å². The molecule has 0 nitrogen and oxygen atoms in total. The molecule has 0 N–H and O–H groups in total. The molecule has 20 heavy (non-hydrogen) atoms. The Bertz CT molecular complexity index is 539. The minimum atomic E-state index is -1.31. The summed E-state index contributed by atoms with van der Waals surface area (Å²) in [4.78, 5) is 0. The molecule has 0 saturated heterocycles. The van der Waals surface area contributed by atoms with Crippen LogP contribution < -0.4 is 15.6 Å². The molecule has 0 atom stereocenters. The Hall–Kier alpha value is -0.552. The fraction of sp³-hybridized carbons (Fsp3) is 0. The van der Waals surface area contributed by atoms with E-state index >= 15 is 0 Å². The Labute approximate surface area is 165 Å². The molecule has 0 spiro atoms. The van der Waals surface area contributed by atoms with Gasteiger partial charge in [-0.1, -0.05) is 107 Å². The van der Waals surface area contributed by atoms with Crippen molar-refractivity contribution < 1.29 is 2.85 Å². The molecule has 0 aliphatic heterocycles. The predicted molar refractivity (Wildman–Crippen MR) is 93.4 cm³/mol. The maximum absolute atomic E-state index is 2.26. The molecule has 0 amide bonds. The molecular weight excluding hydrogens is 382 g/mol. The molecule has 0 aliphatic rings. The number of hydrogen-bond donors (Lipinski definition) is 0. The maximum Gasteiger partial charge on any atom is 2.00 e. The van der Waals surface area contributed by atoms with Crippen LogP contribution in [0.3, 0.4) is 0 Å². The van der Waals surface area contributed by atoms with Crippen molar-refractivity contribution in [3.8, 4) is 0 Å². The average Bonchev–Trinajstić information content (AvgIpc) is 2.51. The summed E-state index contributed by atoms with van der Waals surface area (Å²) in [5, 5.41) is 4.42. The van der Waals surface area contributed by atoms with Gasteiger partial charge in [0.15, 0.2) is 0 Å². The van der Waals surface area contributed by atoms with E-state index in [-0.39, 0.29) is 51.7 Å². The van der Waals surface area contributed by atoms with E-state index < -0.39 is 8.80 Å². The summed E-state index contributed by atoms with van der Waals surface area (Å²) < 4.78 is 0. The zero-order valence-corrected chi connectivity index (χ0v) is 17.0. The largest absolute Gasteiger partial charge is 2.00 e. The van der Waals surface area contributed by atoms with E-state index in [1.54, 1.807) is 0 Å². The molecule has 0 aromatic heterocycles. The second kappa shape index (κ2) is 8.03. The van der Waals surface area contributed by atoms with Crippen molar-refractivity contribution in [2.45, 2.75) is 0 Å². The van der Waals surface area contributed by atoms with Crippen molar-refractivity contribution >= 4 is 73.2 Å². The van der Waals surface area contributed by atoms with Gasteiger partial charge in [0.2, 0.25) is 0 Å². The van der Waals surface area contributed by atoms with E-state index in [4.69, 9.17) is 0 Å². The first kappa shape index (κ1) is 15.8. The van der Waals surface area contributed by atoms with E-state index in [1.807, 2.05) is 0 Å². The Morgan fingerprint density at radius 3 is 0.950 bits per heavy atom. The zero-order chi connectivity index (χ0) is 12.9. The van der Waals surface area contributed by atoms with Crippen molar-refractivity contribution in [3.05, 3.63) is 91.0 Å². The monoisotopic (exact) mass is 400 g/mol. The van der Waals surface area contributed by atoms with Crippen LogP contribution in [0.25, 0.3) is 0 Å². The third kappa shape index (κ3) is 3.76. The first-order valence-corrected chi connectivity index (χ1v) is 8.33. The summed E-state index contributed by atoms with van der Waals surface area (Å²) >= 11 is 0. The minimum Gasteiger partial charge on any atom is -1.00 e. The van der Waals surface area contributed by atoms with Crippen molar-refractivity contribution in [3.63, 3.8) is 0 Å². The van der Waals surface area contributed by atoms with E-state index in [1.165, 1.54) is 15.6 Å². The molecule has 2 heteroatoms. The molecule has 0 heterocycles. The maximum atomic E-state index is 2.26. The fourth-order valence-electron chi connectivity index (χ4n) is 2.51. The molecule has 3 aromatic carbocycles. The van der Waals surface area contributed by atoms with Gasteiger partial charge in [-0.2, -0.15) is 0 Å². The summed E-state index contributed by atoms with van der Waals surface area (Å²) in [7, 11) is -1.31. The summed E-state index contributed by atoms with van der Waals surface area (Å²) in [6, 6.07) is 32.7. The molecule has 96 valence electrons. The first-order valence-electron chi connectivity index (χ1n) is 6.60. The molecular formula is C18H18BaSi. The van der Waals surface area contributed by atoms with Gasteiger partial charge in [-0.05, 0) is 0 Å². The van der Waals surface area contributed by atoms with Gasteiger partial charge >= 0.3 is 48.9 Å². The molecule has 0 radical (unpaired) electrons. The van der Waals surface area contributed by atoms with Gasteiger partial charge in [0.25, 0.3) is 0 Å². The topological polar surface area (TPSA) is 0 Å². The van der Waals surface area contributed by atoms with E-state index in [0.717, 1.165) is 0 Å². The zero-order valence-electron chi connectivity index (χ0n) is 13.4. The minimum absolute atomic E-state index is 0. The quantitative estimate of drug-likeness (QED) is 0.465. The van der Waals surface area contributed by atoms with Crippen molar-refractivity contribution in [2.24, 2.45) is 0 Å². The van der Waals surface area contributed by atoms with Gasteiger partial charge in [-0.3, -0.25) is 0 Å². The van der Waals surface area contributed by atoms with Gasteiger partial charge in [0.05, 0.1) is 0 Å². The number of hydrogen-bond acceptors (Lipinski definition) is 0. The third-order valence-electron chi connectivity index (χ3n) is 3.40. The van der Waals surface area contributed by atoms with E-state index in [0.29, 0.717) is 0 Å². The van der Waals surface area contributed by atoms with Crippen LogP contribution in [-0.4, -0.2) is 57.7 Å². The van der Waals surface area contributed by atoms with Crippen LogP contribution in [0.1, 0.15) is 2.85 Å². The second-order valence-corrected chi connectivity index (χ2v) is 7.53. The van der Waals surface area contributed by atoms with Crippen LogP contribution in [0.5, 0.6) is 0 Å². The van der Waals surface area contributed by atoms with Crippen LogP contribution in [-0.2, 0) is 0 Å². The summed E-state index contributed by atoms with van der Waals surface area (Å²) in [5.41, 5.74) is 0. The van der Waals surface area contributed by atoms with Crippen molar-refractivity contribution in [1.82, 2.24) is 0 Å². The molecule has 3 rings (SSSR count). The van der Waals surface area contributed by atoms with Crippen LogP contribution in [0.15, 0.2) is 91.0 Å². The van der Waals surface area contributed by atoms with Gasteiger partial charge in [0.1, 0.15) is 8.80 Å². The van der Waals surface area contributed by atoms with Gasteiger partial charge in [-0.15, -0.1) is 0 Å². The normalized spacial score (nSPS) is 10.1. The van der Waals surface area contributed by atoms with Crippen LogP contribution >= 0.6 is 0 Å². The van der Waals surface area contributed by atoms with Crippen LogP contribution in [0, 0.1) is 0 Å². The Balaban J connectivity index is 0.00000147. The third-order valence-corrected chi connectivity index (χ3v) is 6.55. The summed E-state index contributed by atoms with van der Waals surface area (Å²) in [6.45, 7) is 0. The van der Waals surface area contributed by atoms with Crippen molar-refractivity contribution in [2.75, 3.05) is 0 Å². The first-order chi connectivity index (χ1) is 9.45. The number of rotatable bonds is 3. The Kier molecular flexibility index (Phi) is 6.36. The van der Waals surface area contributed by atoms with E-state index in [9.17, 15) is 0 Å². The molecule has 3 aromatic rings. The number of benzene rings is 3. The van der Waals surface area contributed by atoms with Gasteiger partial charge in [0, 0.05) is 0 Å². The molecule has 0 saturated carbocycles. The standard InChI is InChI=1S/C18H16Si.Ba.2H/c1-4-10-16(11-5-1)19(17-12-6-2-7-13-17)18-14-8-3-9-15-18;;;/h1-15,19H;;;/q;+2;2*-1. The predicted octanol–water partition coefficient (Wildman–Crippen LogP) is 1.78. The molecule has 0 aliphatic carbocycles.